The van der Waals surface area contributed by atoms with Crippen molar-refractivity contribution in [2.45, 2.75) is 32.2 Å². The number of anilines is 2. The van der Waals surface area contributed by atoms with E-state index < -0.39 is 0 Å². The number of carbonyl (C=O) groups excluding carboxylic acids is 1. The highest BCUT2D eigenvalue weighted by atomic mass is 16.2. The Hall–Kier alpha value is -3.29. The molecule has 0 aliphatic carbocycles. The number of hydrogen-bond donors (Lipinski definition) is 0. The van der Waals surface area contributed by atoms with Gasteiger partial charge < -0.3 is 9.80 Å². The summed E-state index contributed by atoms with van der Waals surface area (Å²) < 4.78 is 1.58. The second kappa shape index (κ2) is 7.27. The lowest BCUT2D eigenvalue weighted by Crippen LogP contribution is -2.45. The Balaban J connectivity index is 1.24. The molecule has 1 aromatic carbocycles. The first-order valence-electron chi connectivity index (χ1n) is 10.1. The van der Waals surface area contributed by atoms with Crippen LogP contribution in [0.25, 0.3) is 5.82 Å². The standard InChI is InChI=1S/C21H23N7O/c1-15-12-17-4-2-3-5-18(17)28(15)21(29)16-8-10-26(11-9-16)19-6-7-20(25-24-19)27-14-22-13-23-27/h2-7,13-16H,8-12H2,1H3. The van der Waals surface area contributed by atoms with E-state index in [-0.39, 0.29) is 17.9 Å². The van der Waals surface area contributed by atoms with Gasteiger partial charge in [0.1, 0.15) is 12.7 Å². The van der Waals surface area contributed by atoms with Crippen LogP contribution in [-0.2, 0) is 11.2 Å². The summed E-state index contributed by atoms with van der Waals surface area (Å²) in [5, 5.41) is 12.6. The van der Waals surface area contributed by atoms with Crippen molar-refractivity contribution in [1.29, 1.82) is 0 Å². The average Bonchev–Trinajstić information content (AvgIpc) is 3.41. The highest BCUT2D eigenvalue weighted by molar-refractivity contribution is 5.97. The number of piperidine rings is 1. The summed E-state index contributed by atoms with van der Waals surface area (Å²) in [6.07, 6.45) is 5.66. The Morgan fingerprint density at radius 3 is 2.52 bits per heavy atom. The van der Waals surface area contributed by atoms with E-state index >= 15 is 0 Å². The van der Waals surface area contributed by atoms with Gasteiger partial charge in [0.25, 0.3) is 0 Å². The molecule has 3 aromatic rings. The Labute approximate surface area is 169 Å². The molecule has 2 aliphatic rings. The van der Waals surface area contributed by atoms with Crippen LogP contribution < -0.4 is 9.80 Å². The topological polar surface area (TPSA) is 80.0 Å². The lowest BCUT2D eigenvalue weighted by Gasteiger charge is -2.35. The van der Waals surface area contributed by atoms with Gasteiger partial charge in [0.05, 0.1) is 0 Å². The second-order valence-electron chi connectivity index (χ2n) is 7.74. The highest BCUT2D eigenvalue weighted by Crippen LogP contribution is 2.34. The number of para-hydroxylation sites is 1. The molecule has 5 rings (SSSR count). The Morgan fingerprint density at radius 1 is 1.03 bits per heavy atom. The van der Waals surface area contributed by atoms with E-state index in [2.05, 4.69) is 44.2 Å². The Kier molecular flexibility index (Phi) is 4.46. The molecule has 8 nitrogen and oxygen atoms in total. The van der Waals surface area contributed by atoms with Crippen molar-refractivity contribution in [3.63, 3.8) is 0 Å². The van der Waals surface area contributed by atoms with Gasteiger partial charge in [-0.3, -0.25) is 4.79 Å². The number of carbonyl (C=O) groups is 1. The highest BCUT2D eigenvalue weighted by Gasteiger charge is 2.36. The van der Waals surface area contributed by atoms with E-state index in [0.29, 0.717) is 5.82 Å². The van der Waals surface area contributed by atoms with E-state index in [4.69, 9.17) is 0 Å². The number of rotatable bonds is 3. The number of nitrogens with zero attached hydrogens (tertiary/aromatic N) is 7. The lowest BCUT2D eigenvalue weighted by atomic mass is 9.95. The molecule has 1 atom stereocenters. The fourth-order valence-corrected chi connectivity index (χ4v) is 4.39. The van der Waals surface area contributed by atoms with Crippen molar-refractivity contribution in [2.75, 3.05) is 22.9 Å². The Bertz CT molecular complexity index is 994. The first-order valence-corrected chi connectivity index (χ1v) is 10.1. The summed E-state index contributed by atoms with van der Waals surface area (Å²) in [6.45, 7) is 3.74. The van der Waals surface area contributed by atoms with Crippen LogP contribution >= 0.6 is 0 Å². The first kappa shape index (κ1) is 17.8. The van der Waals surface area contributed by atoms with Gasteiger partial charge in [-0.25, -0.2) is 9.67 Å². The average molecular weight is 389 g/mol. The predicted molar refractivity (Wildman–Crippen MR) is 109 cm³/mol. The Morgan fingerprint density at radius 2 is 1.79 bits per heavy atom. The van der Waals surface area contributed by atoms with Gasteiger partial charge in [-0.2, -0.15) is 5.10 Å². The second-order valence-corrected chi connectivity index (χ2v) is 7.74. The predicted octanol–water partition coefficient (Wildman–Crippen LogP) is 2.25. The third-order valence-electron chi connectivity index (χ3n) is 5.90. The van der Waals surface area contributed by atoms with Crippen LogP contribution in [0.3, 0.4) is 0 Å². The number of benzene rings is 1. The van der Waals surface area contributed by atoms with E-state index in [0.717, 1.165) is 43.9 Å². The fraction of sp³-hybridized carbons (Fsp3) is 0.381. The summed E-state index contributed by atoms with van der Waals surface area (Å²) in [4.78, 5) is 21.4. The number of fused-ring (bicyclic) bond motifs is 1. The number of amides is 1. The molecular formula is C21H23N7O. The van der Waals surface area contributed by atoms with Crippen LogP contribution in [0.15, 0.2) is 49.1 Å². The zero-order chi connectivity index (χ0) is 19.8. The summed E-state index contributed by atoms with van der Waals surface area (Å²) in [7, 11) is 0. The normalized spacial score (nSPS) is 19.4. The molecule has 29 heavy (non-hydrogen) atoms. The summed E-state index contributed by atoms with van der Waals surface area (Å²) in [5.74, 6) is 1.79. The SMILES string of the molecule is CC1Cc2ccccc2N1C(=O)C1CCN(c2ccc(-n3cncn3)nn2)CC1. The molecule has 2 aliphatic heterocycles. The van der Waals surface area contributed by atoms with E-state index in [1.54, 1.807) is 11.0 Å². The van der Waals surface area contributed by atoms with Gasteiger partial charge in [0.15, 0.2) is 11.6 Å². The summed E-state index contributed by atoms with van der Waals surface area (Å²) in [5.41, 5.74) is 2.36. The van der Waals surface area contributed by atoms with Crippen molar-refractivity contribution < 1.29 is 4.79 Å². The van der Waals surface area contributed by atoms with Crippen LogP contribution in [-0.4, -0.2) is 50.0 Å². The number of hydrogen-bond acceptors (Lipinski definition) is 6. The molecule has 1 fully saturated rings. The molecule has 0 N–H and O–H groups in total. The number of aromatic nitrogens is 5. The molecule has 2 aromatic heterocycles. The third-order valence-corrected chi connectivity index (χ3v) is 5.90. The maximum Gasteiger partial charge on any atom is 0.230 e. The van der Waals surface area contributed by atoms with E-state index in [1.807, 2.05) is 29.2 Å². The molecule has 1 saturated heterocycles. The molecule has 0 saturated carbocycles. The van der Waals surface area contributed by atoms with Crippen molar-refractivity contribution in [3.05, 3.63) is 54.6 Å². The monoisotopic (exact) mass is 389 g/mol. The molecule has 1 unspecified atom stereocenters. The minimum atomic E-state index is 0.0576. The first-order chi connectivity index (χ1) is 14.2. The maximum absolute atomic E-state index is 13.3. The van der Waals surface area contributed by atoms with Crippen molar-refractivity contribution >= 4 is 17.4 Å². The molecule has 0 spiro atoms. The molecule has 0 radical (unpaired) electrons. The van der Waals surface area contributed by atoms with E-state index in [1.165, 1.54) is 11.9 Å². The zero-order valence-corrected chi connectivity index (χ0v) is 16.3. The van der Waals surface area contributed by atoms with Crippen LogP contribution in [0.2, 0.25) is 0 Å². The zero-order valence-electron chi connectivity index (χ0n) is 16.3. The fourth-order valence-electron chi connectivity index (χ4n) is 4.39. The molecule has 1 amide bonds. The minimum absolute atomic E-state index is 0.0576. The van der Waals surface area contributed by atoms with Gasteiger partial charge in [0, 0.05) is 30.7 Å². The van der Waals surface area contributed by atoms with Crippen LogP contribution in [0.1, 0.15) is 25.3 Å². The third kappa shape index (κ3) is 3.24. The lowest BCUT2D eigenvalue weighted by molar-refractivity contribution is -0.123. The summed E-state index contributed by atoms with van der Waals surface area (Å²) >= 11 is 0. The summed E-state index contributed by atoms with van der Waals surface area (Å²) in [6, 6.07) is 12.3. The molecule has 4 heterocycles. The van der Waals surface area contributed by atoms with Crippen molar-refractivity contribution in [3.8, 4) is 5.82 Å². The van der Waals surface area contributed by atoms with Gasteiger partial charge >= 0.3 is 0 Å². The van der Waals surface area contributed by atoms with Gasteiger partial charge in [0.2, 0.25) is 5.91 Å². The quantitative estimate of drug-likeness (QED) is 0.684. The molecule has 8 heteroatoms. The van der Waals surface area contributed by atoms with Gasteiger partial charge in [-0.1, -0.05) is 18.2 Å². The van der Waals surface area contributed by atoms with Gasteiger partial charge in [-0.15, -0.1) is 10.2 Å². The van der Waals surface area contributed by atoms with Crippen molar-refractivity contribution in [2.24, 2.45) is 5.92 Å². The van der Waals surface area contributed by atoms with E-state index in [9.17, 15) is 4.79 Å². The van der Waals surface area contributed by atoms with Crippen LogP contribution in [0.4, 0.5) is 11.5 Å². The van der Waals surface area contributed by atoms with Crippen LogP contribution in [0, 0.1) is 5.92 Å². The minimum Gasteiger partial charge on any atom is -0.355 e. The molecule has 0 bridgehead atoms. The molecule has 148 valence electrons. The largest absolute Gasteiger partial charge is 0.355 e. The van der Waals surface area contributed by atoms with Gasteiger partial charge in [-0.05, 0) is 49.9 Å². The maximum atomic E-state index is 13.3. The smallest absolute Gasteiger partial charge is 0.230 e. The van der Waals surface area contributed by atoms with Crippen molar-refractivity contribution in [1.82, 2.24) is 25.0 Å². The molecular weight excluding hydrogens is 366 g/mol. The van der Waals surface area contributed by atoms with Crippen LogP contribution in [0.5, 0.6) is 0 Å².